The second-order valence-corrected chi connectivity index (χ2v) is 14.2. The highest BCUT2D eigenvalue weighted by Gasteiger charge is 2.57. The number of phosphoric ester groups is 1. The molecular weight excluding hydrogens is 740 g/mol. The van der Waals surface area contributed by atoms with E-state index in [1.54, 1.807) is 0 Å². The molecule has 2 bridgehead atoms. The highest BCUT2D eigenvalue weighted by molar-refractivity contribution is 7.46. The van der Waals surface area contributed by atoms with Gasteiger partial charge >= 0.3 is 13.9 Å². The number of ether oxygens (including phenoxy) is 3. The van der Waals surface area contributed by atoms with Gasteiger partial charge in [-0.15, -0.1) is 0 Å². The number of halogens is 4. The Morgan fingerprint density at radius 1 is 0.941 bits per heavy atom. The Balaban J connectivity index is 1.31. The van der Waals surface area contributed by atoms with Gasteiger partial charge in [-0.2, -0.15) is 0 Å². The van der Waals surface area contributed by atoms with Crippen LogP contribution < -0.4 is 25.0 Å². The first kappa shape index (κ1) is 38.2. The molecule has 1 aromatic heterocycles. The molecule has 0 unspecified atom stereocenters. The molecule has 1 atom stereocenters. The van der Waals surface area contributed by atoms with Crippen molar-refractivity contribution in [3.8, 4) is 11.5 Å². The van der Waals surface area contributed by atoms with Crippen LogP contribution in [-0.4, -0.2) is 70.1 Å². The number of carbonyl (C=O) groups is 3. The Bertz CT molecular complexity index is 1840. The minimum Gasteiger partial charge on any atom is -0.484 e. The van der Waals surface area contributed by atoms with E-state index in [-0.39, 0.29) is 52.2 Å². The Hall–Kier alpha value is -4.05. The highest BCUT2D eigenvalue weighted by atomic mass is 35.5. The number of phosphoric acid groups is 1. The quantitative estimate of drug-likeness (QED) is 0.170. The number of nitrogens with zero attached hydrogens (tertiary/aromatic N) is 2. The minimum absolute atomic E-state index is 0.00241. The lowest BCUT2D eigenvalue weighted by molar-refractivity contribution is -0.137. The molecule has 3 aliphatic rings. The number of nitrogens with one attached hydrogen (secondary N) is 2. The van der Waals surface area contributed by atoms with Crippen LogP contribution in [0.3, 0.4) is 0 Å². The zero-order valence-electron chi connectivity index (χ0n) is 26.9. The molecule has 3 saturated carbocycles. The Kier molecular flexibility index (Phi) is 11.7. The van der Waals surface area contributed by atoms with E-state index in [4.69, 9.17) is 47.2 Å². The number of fused-ring (bicyclic) bond motifs is 3. The van der Waals surface area contributed by atoms with Crippen molar-refractivity contribution >= 4 is 54.8 Å². The van der Waals surface area contributed by atoms with Crippen molar-refractivity contribution in [3.05, 3.63) is 82.0 Å². The van der Waals surface area contributed by atoms with E-state index in [0.717, 1.165) is 17.0 Å². The van der Waals surface area contributed by atoms with Gasteiger partial charge in [0.1, 0.15) is 35.1 Å². The maximum atomic E-state index is 13.9. The monoisotopic (exact) mass is 772 g/mol. The number of anilines is 1. The van der Waals surface area contributed by atoms with Crippen molar-refractivity contribution in [2.75, 3.05) is 25.2 Å². The number of aromatic nitrogens is 1. The molecule has 2 aromatic carbocycles. The largest absolute Gasteiger partial charge is 0.484 e. The van der Waals surface area contributed by atoms with E-state index >= 15 is 0 Å². The maximum Gasteiger partial charge on any atom is 0.469 e. The van der Waals surface area contributed by atoms with E-state index in [0.29, 0.717) is 12.8 Å². The van der Waals surface area contributed by atoms with E-state index in [1.165, 1.54) is 49.6 Å². The van der Waals surface area contributed by atoms with Gasteiger partial charge in [-0.05, 0) is 56.0 Å². The smallest absolute Gasteiger partial charge is 0.469 e. The predicted molar refractivity (Wildman–Crippen MR) is 178 cm³/mol. The third-order valence-corrected chi connectivity index (χ3v) is 9.78. The molecule has 6 rings (SSSR count). The summed E-state index contributed by atoms with van der Waals surface area (Å²) in [7, 11) is -3.50. The first-order valence-electron chi connectivity index (χ1n) is 15.4. The van der Waals surface area contributed by atoms with Gasteiger partial charge in [0, 0.05) is 42.9 Å². The molecule has 3 aliphatic carbocycles. The first-order chi connectivity index (χ1) is 24.1. The molecule has 1 heterocycles. The standard InChI is InChI=1S/C32H33Cl2F2N4O10P/c1-40(29-19(3-2-12-37-29)16-49-51(44,45)46)30(43)50-26-15-31(38-27(41)17-47-20-4-6-22(33)24(35)13-20)8-10-32(26,11-9-31)39-28(42)18-48-21-5-7-23(34)25(36)14-21/h2-7,12-14,26H,8-11,15-18H2,1H3,(H,38,41)(H,39,42)(H2,44,45,46)/t26-,31?,32?/m0/s1. The lowest BCUT2D eigenvalue weighted by Crippen LogP contribution is -2.71. The van der Waals surface area contributed by atoms with Crippen molar-refractivity contribution in [3.63, 3.8) is 0 Å². The molecule has 19 heteroatoms. The summed E-state index contributed by atoms with van der Waals surface area (Å²) in [5.74, 6) is -2.37. The topological polar surface area (TPSA) is 186 Å². The van der Waals surface area contributed by atoms with Crippen LogP contribution in [0.15, 0.2) is 54.7 Å². The number of rotatable bonds is 13. The van der Waals surface area contributed by atoms with Crippen LogP contribution in [0, 0.1) is 11.6 Å². The zero-order chi connectivity index (χ0) is 37.0. The number of amides is 3. The predicted octanol–water partition coefficient (Wildman–Crippen LogP) is 5.06. The van der Waals surface area contributed by atoms with E-state index in [2.05, 4.69) is 20.1 Å². The number of benzene rings is 2. The van der Waals surface area contributed by atoms with Gasteiger partial charge < -0.3 is 34.6 Å². The van der Waals surface area contributed by atoms with Gasteiger partial charge in [0.2, 0.25) is 0 Å². The fraction of sp³-hybridized carbons (Fsp3) is 0.375. The SMILES string of the molecule is CN(C(=O)O[C@H]1CC2(NC(=O)COc3ccc(Cl)c(F)c3)CCC1(NC(=O)COc1ccc(Cl)c(F)c1)CC2)c1ncccc1COP(=O)(O)O. The van der Waals surface area contributed by atoms with Gasteiger partial charge in [0.25, 0.3) is 11.8 Å². The summed E-state index contributed by atoms with van der Waals surface area (Å²) in [5, 5.41) is 5.70. The molecular formula is C32H33Cl2F2N4O10P. The van der Waals surface area contributed by atoms with Crippen molar-refractivity contribution < 1.29 is 56.3 Å². The highest BCUT2D eigenvalue weighted by Crippen LogP contribution is 2.48. The second kappa shape index (κ2) is 15.7. The van der Waals surface area contributed by atoms with E-state index < -0.39 is 74.4 Å². The molecule has 274 valence electrons. The van der Waals surface area contributed by atoms with Gasteiger partial charge in [0.15, 0.2) is 13.2 Å². The van der Waals surface area contributed by atoms with Gasteiger partial charge in [-0.25, -0.2) is 23.1 Å². The number of pyridine rings is 1. The van der Waals surface area contributed by atoms with Crippen LogP contribution in [0.5, 0.6) is 11.5 Å². The van der Waals surface area contributed by atoms with Crippen molar-refractivity contribution in [1.29, 1.82) is 0 Å². The normalized spacial score (nSPS) is 21.0. The Labute approximate surface area is 300 Å². The number of carbonyl (C=O) groups excluding carboxylic acids is 3. The second-order valence-electron chi connectivity index (χ2n) is 12.1. The molecule has 14 nitrogen and oxygen atoms in total. The van der Waals surface area contributed by atoms with E-state index in [9.17, 15) is 27.7 Å². The van der Waals surface area contributed by atoms with Crippen LogP contribution in [0.4, 0.5) is 19.4 Å². The fourth-order valence-electron chi connectivity index (χ4n) is 6.15. The maximum absolute atomic E-state index is 13.9. The molecule has 0 radical (unpaired) electrons. The summed E-state index contributed by atoms with van der Waals surface area (Å²) < 4.78 is 60.6. The third kappa shape index (κ3) is 9.64. The molecule has 4 N–H and O–H groups in total. The van der Waals surface area contributed by atoms with Gasteiger partial charge in [0.05, 0.1) is 22.2 Å². The lowest BCUT2D eigenvalue weighted by Gasteiger charge is -2.57. The van der Waals surface area contributed by atoms with Crippen molar-refractivity contribution in [2.45, 2.75) is 55.9 Å². The number of hydrogen-bond acceptors (Lipinski definition) is 9. The van der Waals surface area contributed by atoms with Crippen LogP contribution in [-0.2, 0) is 30.0 Å². The Morgan fingerprint density at radius 2 is 1.51 bits per heavy atom. The summed E-state index contributed by atoms with van der Waals surface area (Å²) in [4.78, 5) is 63.4. The lowest BCUT2D eigenvalue weighted by atomic mass is 9.59. The number of hydrogen-bond donors (Lipinski definition) is 4. The van der Waals surface area contributed by atoms with Crippen molar-refractivity contribution in [2.24, 2.45) is 0 Å². The average molecular weight is 774 g/mol. The van der Waals surface area contributed by atoms with Crippen LogP contribution in [0.1, 0.15) is 37.7 Å². The van der Waals surface area contributed by atoms with Gasteiger partial charge in [-0.3, -0.25) is 19.0 Å². The van der Waals surface area contributed by atoms with Gasteiger partial charge in [-0.1, -0.05) is 29.3 Å². The molecule has 0 saturated heterocycles. The first-order valence-corrected chi connectivity index (χ1v) is 17.7. The summed E-state index contributed by atoms with van der Waals surface area (Å²) in [6.45, 7) is -1.50. The molecule has 3 fully saturated rings. The molecule has 3 aromatic rings. The molecule has 0 spiro atoms. The Morgan fingerprint density at radius 3 is 2.06 bits per heavy atom. The van der Waals surface area contributed by atoms with Crippen LogP contribution in [0.2, 0.25) is 10.0 Å². The average Bonchev–Trinajstić information content (AvgIpc) is 3.08. The molecule has 3 amide bonds. The summed E-state index contributed by atoms with van der Waals surface area (Å²) in [5.41, 5.74) is -1.79. The summed E-state index contributed by atoms with van der Waals surface area (Å²) in [6, 6.07) is 10.4. The van der Waals surface area contributed by atoms with E-state index in [1.807, 2.05) is 0 Å². The minimum atomic E-state index is -4.84. The van der Waals surface area contributed by atoms with Crippen LogP contribution >= 0.6 is 31.0 Å². The molecule has 0 aliphatic heterocycles. The van der Waals surface area contributed by atoms with Crippen molar-refractivity contribution in [1.82, 2.24) is 15.6 Å². The third-order valence-electron chi connectivity index (χ3n) is 8.70. The van der Waals surface area contributed by atoms with Crippen LogP contribution in [0.25, 0.3) is 0 Å². The summed E-state index contributed by atoms with van der Waals surface area (Å²) >= 11 is 11.4. The zero-order valence-corrected chi connectivity index (χ0v) is 29.4. The summed E-state index contributed by atoms with van der Waals surface area (Å²) in [6.07, 6.45) is 0.819. The fourth-order valence-corrected chi connectivity index (χ4v) is 6.69. The molecule has 51 heavy (non-hydrogen) atoms.